The molecule has 0 spiro atoms. The second-order valence-electron chi connectivity index (χ2n) is 2.69. The first-order valence-electron chi connectivity index (χ1n) is 2.70. The predicted octanol–water partition coefficient (Wildman–Crippen LogP) is 0.229. The number of carbonyl (C=O) groups excluding carboxylic acids is 2. The Morgan fingerprint density at radius 2 is 2.22 bits per heavy atom. The molecule has 2 saturated heterocycles. The summed E-state index contributed by atoms with van der Waals surface area (Å²) in [6, 6.07) is 0. The molecule has 2 aliphatic rings. The van der Waals surface area contributed by atoms with Crippen molar-refractivity contribution in [1.29, 1.82) is 0 Å². The van der Waals surface area contributed by atoms with Crippen LogP contribution >= 0.6 is 7.14 Å². The Labute approximate surface area is 51.8 Å². The van der Waals surface area contributed by atoms with Gasteiger partial charge in [0, 0.05) is 0 Å². The fourth-order valence-electron chi connectivity index (χ4n) is 1.40. The van der Waals surface area contributed by atoms with Crippen LogP contribution < -0.4 is 0 Å². The van der Waals surface area contributed by atoms with Crippen LogP contribution in [0.25, 0.3) is 0 Å². The van der Waals surface area contributed by atoms with Gasteiger partial charge in [-0.2, -0.15) is 0 Å². The molecule has 2 fully saturated rings. The largest absolute Gasteiger partial charge is 0.314 e. The minimum atomic E-state index is -2.54. The van der Waals surface area contributed by atoms with Crippen LogP contribution in [0.3, 0.4) is 0 Å². The molecule has 0 amide bonds. The highest BCUT2D eigenvalue weighted by molar-refractivity contribution is 8.04. The van der Waals surface area contributed by atoms with Gasteiger partial charge in [-0.25, -0.2) is 0 Å². The van der Waals surface area contributed by atoms with E-state index < -0.39 is 18.0 Å². The summed E-state index contributed by atoms with van der Waals surface area (Å²) in [7, 11) is -2.54. The molecular formula is C5H5O3P. The zero-order chi connectivity index (χ0) is 6.86. The van der Waals surface area contributed by atoms with Crippen molar-refractivity contribution in [2.75, 3.05) is 0 Å². The van der Waals surface area contributed by atoms with Gasteiger partial charge in [0.05, 0.1) is 5.66 Å². The molecule has 3 unspecified atom stereocenters. The first kappa shape index (κ1) is 5.36. The van der Waals surface area contributed by atoms with Gasteiger partial charge in [0.2, 0.25) is 5.52 Å². The van der Waals surface area contributed by atoms with E-state index in [1.807, 2.05) is 0 Å². The monoisotopic (exact) mass is 144 g/mol. The highest BCUT2D eigenvalue weighted by atomic mass is 31.2. The second-order valence-corrected chi connectivity index (χ2v) is 5.90. The summed E-state index contributed by atoms with van der Waals surface area (Å²) in [6.45, 7) is 1.61. The molecule has 3 nitrogen and oxygen atoms in total. The Hall–Kier alpha value is -0.430. The summed E-state index contributed by atoms with van der Waals surface area (Å²) in [4.78, 5) is 20.6. The first-order chi connectivity index (χ1) is 4.10. The number of hydrogen-bond donors (Lipinski definition) is 0. The molecule has 48 valence electrons. The van der Waals surface area contributed by atoms with Gasteiger partial charge in [-0.05, 0) is 6.92 Å². The maximum absolute atomic E-state index is 11.0. The van der Waals surface area contributed by atoms with Crippen LogP contribution in [-0.2, 0) is 14.2 Å². The number of carbonyl (C=O) groups is 2. The van der Waals surface area contributed by atoms with Crippen molar-refractivity contribution in [2.45, 2.75) is 17.7 Å². The van der Waals surface area contributed by atoms with Gasteiger partial charge in [-0.1, -0.05) is 0 Å². The minimum absolute atomic E-state index is 0.174. The summed E-state index contributed by atoms with van der Waals surface area (Å²) in [5.41, 5.74) is -0.579. The lowest BCUT2D eigenvalue weighted by atomic mass is 10.1. The summed E-state index contributed by atoms with van der Waals surface area (Å²) in [5.74, 6) is 0. The van der Waals surface area contributed by atoms with Crippen molar-refractivity contribution in [2.24, 2.45) is 0 Å². The van der Waals surface area contributed by atoms with Crippen LogP contribution in [0.4, 0.5) is 0 Å². The Kier molecular flexibility index (Phi) is 0.565. The predicted molar refractivity (Wildman–Crippen MR) is 30.9 cm³/mol. The smallest absolute Gasteiger partial charge is 0.208 e. The molecule has 2 heterocycles. The highest BCUT2D eigenvalue weighted by Crippen LogP contribution is 2.99. The van der Waals surface area contributed by atoms with Crippen molar-refractivity contribution >= 4 is 19.0 Å². The molecule has 0 N–H and O–H groups in total. The zero-order valence-electron chi connectivity index (χ0n) is 4.83. The van der Waals surface area contributed by atoms with Gasteiger partial charge < -0.3 is 9.36 Å². The molecule has 0 aromatic heterocycles. The molecular weight excluding hydrogens is 139 g/mol. The number of hydrogen-bond acceptors (Lipinski definition) is 3. The average Bonchev–Trinajstić information content (AvgIpc) is 2.48. The van der Waals surface area contributed by atoms with Crippen molar-refractivity contribution in [3.8, 4) is 0 Å². The van der Waals surface area contributed by atoms with Crippen molar-refractivity contribution in [3.05, 3.63) is 0 Å². The maximum atomic E-state index is 11.0. The van der Waals surface area contributed by atoms with Crippen LogP contribution in [0.5, 0.6) is 0 Å². The Balaban J connectivity index is 2.45. The lowest BCUT2D eigenvalue weighted by Crippen LogP contribution is -2.14. The molecule has 2 aliphatic heterocycles. The van der Waals surface area contributed by atoms with E-state index in [2.05, 4.69) is 0 Å². The Morgan fingerprint density at radius 3 is 2.33 bits per heavy atom. The summed E-state index contributed by atoms with van der Waals surface area (Å²) < 4.78 is 11.0. The maximum Gasteiger partial charge on any atom is 0.208 e. The van der Waals surface area contributed by atoms with E-state index in [1.54, 1.807) is 6.92 Å². The van der Waals surface area contributed by atoms with E-state index in [-0.39, 0.29) is 5.52 Å². The fraction of sp³-hybridized carbons (Fsp3) is 0.600. The van der Waals surface area contributed by atoms with Crippen LogP contribution in [-0.4, -0.2) is 22.6 Å². The topological polar surface area (TPSA) is 51.2 Å². The van der Waals surface area contributed by atoms with Crippen molar-refractivity contribution in [3.63, 3.8) is 0 Å². The van der Waals surface area contributed by atoms with E-state index in [0.29, 0.717) is 6.29 Å². The normalized spacial score (nSPS) is 60.6. The Bertz CT molecular complexity index is 269. The lowest BCUT2D eigenvalue weighted by molar-refractivity contribution is -0.114. The van der Waals surface area contributed by atoms with Gasteiger partial charge in [0.1, 0.15) is 11.4 Å². The standard InChI is InChI=1S/C5H5O3P/c1-5-3(2-6)9(5,8)4(5)7/h2-3H,1H3. The van der Waals surface area contributed by atoms with Crippen LogP contribution in [0.15, 0.2) is 0 Å². The summed E-state index contributed by atoms with van der Waals surface area (Å²) in [5, 5.41) is -0.672. The third kappa shape index (κ3) is 0.251. The van der Waals surface area contributed by atoms with E-state index >= 15 is 0 Å². The molecule has 0 aromatic rings. The van der Waals surface area contributed by atoms with Crippen molar-refractivity contribution < 1.29 is 14.2 Å². The highest BCUT2D eigenvalue weighted by Gasteiger charge is 2.96. The van der Waals surface area contributed by atoms with E-state index in [1.165, 1.54) is 0 Å². The number of aldehydes is 1. The van der Waals surface area contributed by atoms with Gasteiger partial charge >= 0.3 is 0 Å². The molecule has 0 aromatic carbocycles. The molecule has 9 heavy (non-hydrogen) atoms. The molecule has 4 heteroatoms. The van der Waals surface area contributed by atoms with Gasteiger partial charge in [0.25, 0.3) is 0 Å². The number of fused-ring (bicyclic) bond motifs is 1. The molecule has 2 rings (SSSR count). The van der Waals surface area contributed by atoms with Gasteiger partial charge in [0.15, 0.2) is 7.14 Å². The lowest BCUT2D eigenvalue weighted by Gasteiger charge is -1.88. The number of rotatable bonds is 1. The van der Waals surface area contributed by atoms with Crippen LogP contribution in [0, 0.1) is 0 Å². The quantitative estimate of drug-likeness (QED) is 0.391. The second kappa shape index (κ2) is 0.948. The van der Waals surface area contributed by atoms with E-state index in [0.717, 1.165) is 0 Å². The minimum Gasteiger partial charge on any atom is -0.314 e. The molecule has 3 atom stereocenters. The first-order valence-corrected chi connectivity index (χ1v) is 4.48. The van der Waals surface area contributed by atoms with Crippen LogP contribution in [0.1, 0.15) is 6.92 Å². The third-order valence-electron chi connectivity index (χ3n) is 2.40. The van der Waals surface area contributed by atoms with E-state index in [4.69, 9.17) is 0 Å². The molecule has 0 saturated carbocycles. The van der Waals surface area contributed by atoms with E-state index in [9.17, 15) is 14.2 Å². The van der Waals surface area contributed by atoms with Crippen LogP contribution in [0.2, 0.25) is 0 Å². The molecule has 0 radical (unpaired) electrons. The Morgan fingerprint density at radius 1 is 1.78 bits per heavy atom. The molecule has 0 aliphatic carbocycles. The van der Waals surface area contributed by atoms with Gasteiger partial charge in [-0.3, -0.25) is 4.79 Å². The third-order valence-corrected chi connectivity index (χ3v) is 6.25. The SMILES string of the molecule is CC12C(=O)P1(=O)C2C=O. The molecule has 0 bridgehead atoms. The fourth-order valence-corrected chi connectivity index (χ4v) is 4.55. The summed E-state index contributed by atoms with van der Waals surface area (Å²) >= 11 is 0. The van der Waals surface area contributed by atoms with Crippen molar-refractivity contribution in [1.82, 2.24) is 0 Å². The van der Waals surface area contributed by atoms with Gasteiger partial charge in [-0.15, -0.1) is 0 Å². The summed E-state index contributed by atoms with van der Waals surface area (Å²) in [6.07, 6.45) is 0.641. The zero-order valence-corrected chi connectivity index (χ0v) is 5.72. The average molecular weight is 144 g/mol.